The zero-order valence-electron chi connectivity index (χ0n) is 14.0. The molecule has 0 atom stereocenters. The monoisotopic (exact) mass is 359 g/mol. The van der Waals surface area contributed by atoms with E-state index in [2.05, 4.69) is 22.3 Å². The summed E-state index contributed by atoms with van der Waals surface area (Å²) in [5, 5.41) is 13.0. The lowest BCUT2D eigenvalue weighted by atomic mass is 9.57. The van der Waals surface area contributed by atoms with Gasteiger partial charge in [-0.15, -0.1) is 0 Å². The number of pyridine rings is 1. The molecule has 25 heavy (non-hydrogen) atoms. The molecular formula is C19H22ClN3O2. The maximum absolute atomic E-state index is 10.6. The Hall–Kier alpha value is -2.01. The molecule has 2 heterocycles. The Labute approximate surface area is 152 Å². The maximum Gasteiger partial charge on any atom is 0.404 e. The van der Waals surface area contributed by atoms with Crippen molar-refractivity contribution in [3.63, 3.8) is 0 Å². The first-order valence-electron chi connectivity index (χ1n) is 8.81. The van der Waals surface area contributed by atoms with Crippen molar-refractivity contribution in [2.75, 3.05) is 24.5 Å². The van der Waals surface area contributed by atoms with Crippen LogP contribution in [0.1, 0.15) is 25.7 Å². The van der Waals surface area contributed by atoms with Gasteiger partial charge in [0.15, 0.2) is 0 Å². The van der Waals surface area contributed by atoms with Crippen LogP contribution in [0.15, 0.2) is 30.3 Å². The summed E-state index contributed by atoms with van der Waals surface area (Å²) in [7, 11) is 0. The van der Waals surface area contributed by atoms with Crippen molar-refractivity contribution in [3.8, 4) is 0 Å². The molecule has 1 aliphatic carbocycles. The molecule has 4 rings (SSSR count). The Morgan fingerprint density at radius 1 is 1.28 bits per heavy atom. The highest BCUT2D eigenvalue weighted by Gasteiger charge is 2.45. The number of fused-ring (bicyclic) bond motifs is 1. The third-order valence-corrected chi connectivity index (χ3v) is 6.01. The molecule has 1 saturated heterocycles. The van der Waals surface area contributed by atoms with Crippen LogP contribution in [0.5, 0.6) is 0 Å². The van der Waals surface area contributed by atoms with Crippen LogP contribution < -0.4 is 10.2 Å². The summed E-state index contributed by atoms with van der Waals surface area (Å²) in [6.45, 7) is 2.63. The van der Waals surface area contributed by atoms with Crippen molar-refractivity contribution in [1.29, 1.82) is 0 Å². The van der Waals surface area contributed by atoms with Crippen LogP contribution in [0.3, 0.4) is 0 Å². The Kier molecular flexibility index (Phi) is 4.20. The zero-order chi connectivity index (χ0) is 17.4. The van der Waals surface area contributed by atoms with E-state index in [1.54, 1.807) is 0 Å². The molecule has 2 N–H and O–H groups in total. The zero-order valence-corrected chi connectivity index (χ0v) is 14.8. The third-order valence-electron chi connectivity index (χ3n) is 5.77. The fourth-order valence-electron chi connectivity index (χ4n) is 4.42. The molecule has 1 amide bonds. The van der Waals surface area contributed by atoms with Crippen LogP contribution in [0.2, 0.25) is 5.02 Å². The van der Waals surface area contributed by atoms with Gasteiger partial charge in [0.1, 0.15) is 5.82 Å². The largest absolute Gasteiger partial charge is 0.465 e. The number of piperidine rings is 1. The minimum absolute atomic E-state index is 0.422. The SMILES string of the molecule is O=C(O)NCC1CC2(CCN(c3ccc4cc(Cl)ccc4n3)CC2)C1. The number of halogens is 1. The van der Waals surface area contributed by atoms with E-state index in [0.717, 1.165) is 60.5 Å². The molecule has 132 valence electrons. The highest BCUT2D eigenvalue weighted by atomic mass is 35.5. The molecule has 6 heteroatoms. The first-order chi connectivity index (χ1) is 12.0. The lowest BCUT2D eigenvalue weighted by Crippen LogP contribution is -2.49. The van der Waals surface area contributed by atoms with Crippen molar-refractivity contribution in [2.24, 2.45) is 11.3 Å². The number of amides is 1. The van der Waals surface area contributed by atoms with Crippen LogP contribution in [-0.2, 0) is 0 Å². The minimum Gasteiger partial charge on any atom is -0.465 e. The van der Waals surface area contributed by atoms with Gasteiger partial charge >= 0.3 is 6.09 Å². The number of aromatic nitrogens is 1. The van der Waals surface area contributed by atoms with Crippen LogP contribution in [-0.4, -0.2) is 35.8 Å². The highest BCUT2D eigenvalue weighted by molar-refractivity contribution is 6.31. The van der Waals surface area contributed by atoms with Crippen molar-refractivity contribution >= 4 is 34.4 Å². The van der Waals surface area contributed by atoms with Crippen molar-refractivity contribution < 1.29 is 9.90 Å². The van der Waals surface area contributed by atoms with Crippen LogP contribution >= 0.6 is 11.6 Å². The van der Waals surface area contributed by atoms with Crippen LogP contribution in [0, 0.1) is 11.3 Å². The molecule has 0 radical (unpaired) electrons. The molecule has 0 bridgehead atoms. The number of nitrogens with zero attached hydrogens (tertiary/aromatic N) is 2. The number of anilines is 1. The van der Waals surface area contributed by atoms with Gasteiger partial charge in [0.25, 0.3) is 0 Å². The van der Waals surface area contributed by atoms with Crippen molar-refractivity contribution in [2.45, 2.75) is 25.7 Å². The summed E-state index contributed by atoms with van der Waals surface area (Å²) < 4.78 is 0. The molecule has 2 fully saturated rings. The van der Waals surface area contributed by atoms with Gasteiger partial charge in [-0.1, -0.05) is 11.6 Å². The number of hydrogen-bond donors (Lipinski definition) is 2. The molecular weight excluding hydrogens is 338 g/mol. The van der Waals surface area contributed by atoms with Gasteiger partial charge in [0.2, 0.25) is 0 Å². The van der Waals surface area contributed by atoms with Gasteiger partial charge in [-0.05, 0) is 67.3 Å². The van der Waals surface area contributed by atoms with E-state index in [4.69, 9.17) is 21.7 Å². The molecule has 1 saturated carbocycles. The van der Waals surface area contributed by atoms with Crippen LogP contribution in [0.4, 0.5) is 10.6 Å². The van der Waals surface area contributed by atoms with E-state index in [1.807, 2.05) is 18.2 Å². The number of carboxylic acid groups (broad SMARTS) is 1. The minimum atomic E-state index is -0.917. The van der Waals surface area contributed by atoms with Gasteiger partial charge in [-0.25, -0.2) is 9.78 Å². The first kappa shape index (κ1) is 16.5. The number of rotatable bonds is 3. The normalized spacial score (nSPS) is 19.8. The summed E-state index contributed by atoms with van der Waals surface area (Å²) in [6.07, 6.45) is 3.70. The molecule has 1 aliphatic heterocycles. The second kappa shape index (κ2) is 6.37. The van der Waals surface area contributed by atoms with E-state index >= 15 is 0 Å². The predicted molar refractivity (Wildman–Crippen MR) is 99.4 cm³/mol. The lowest BCUT2D eigenvalue weighted by molar-refractivity contribution is 0.0285. The predicted octanol–water partition coefficient (Wildman–Crippen LogP) is 4.15. The van der Waals surface area contributed by atoms with E-state index < -0.39 is 6.09 Å². The molecule has 5 nitrogen and oxygen atoms in total. The van der Waals surface area contributed by atoms with E-state index in [-0.39, 0.29) is 0 Å². The second-order valence-corrected chi connectivity index (χ2v) is 7.89. The van der Waals surface area contributed by atoms with Crippen molar-refractivity contribution in [1.82, 2.24) is 10.3 Å². The number of nitrogens with one attached hydrogen (secondary N) is 1. The highest BCUT2D eigenvalue weighted by Crippen LogP contribution is 2.52. The van der Waals surface area contributed by atoms with Gasteiger partial charge in [-0.3, -0.25) is 0 Å². The van der Waals surface area contributed by atoms with E-state index in [0.29, 0.717) is 17.9 Å². The number of hydrogen-bond acceptors (Lipinski definition) is 3. The fraction of sp³-hybridized carbons (Fsp3) is 0.474. The summed E-state index contributed by atoms with van der Waals surface area (Å²) in [6, 6.07) is 9.96. The Morgan fingerprint density at radius 3 is 2.76 bits per heavy atom. The second-order valence-electron chi connectivity index (χ2n) is 7.45. The van der Waals surface area contributed by atoms with Gasteiger partial charge < -0.3 is 15.3 Å². The van der Waals surface area contributed by atoms with E-state index in [1.165, 1.54) is 0 Å². The molecule has 2 aromatic rings. The van der Waals surface area contributed by atoms with Gasteiger partial charge in [0.05, 0.1) is 5.52 Å². The van der Waals surface area contributed by atoms with Gasteiger partial charge in [0, 0.05) is 30.0 Å². The molecule has 2 aliphatic rings. The Balaban J connectivity index is 1.36. The van der Waals surface area contributed by atoms with Gasteiger partial charge in [-0.2, -0.15) is 0 Å². The average Bonchev–Trinajstić information content (AvgIpc) is 2.58. The smallest absolute Gasteiger partial charge is 0.404 e. The third kappa shape index (κ3) is 3.38. The first-order valence-corrected chi connectivity index (χ1v) is 9.19. The maximum atomic E-state index is 10.6. The van der Waals surface area contributed by atoms with Crippen molar-refractivity contribution in [3.05, 3.63) is 35.4 Å². The summed E-state index contributed by atoms with van der Waals surface area (Å²) in [4.78, 5) is 17.7. The summed E-state index contributed by atoms with van der Waals surface area (Å²) >= 11 is 6.04. The topological polar surface area (TPSA) is 65.5 Å². The number of carbonyl (C=O) groups is 1. The van der Waals surface area contributed by atoms with Crippen LogP contribution in [0.25, 0.3) is 10.9 Å². The molecule has 1 spiro atoms. The average molecular weight is 360 g/mol. The lowest BCUT2D eigenvalue weighted by Gasteiger charge is -2.52. The molecule has 0 unspecified atom stereocenters. The molecule has 1 aromatic heterocycles. The molecule has 1 aromatic carbocycles. The van der Waals surface area contributed by atoms with E-state index in [9.17, 15) is 4.79 Å². The fourth-order valence-corrected chi connectivity index (χ4v) is 4.60. The number of benzene rings is 1. The Bertz CT molecular complexity index is 794. The quantitative estimate of drug-likeness (QED) is 0.863. The standard InChI is InChI=1S/C19H22ClN3O2/c20-15-2-3-16-14(9-15)1-4-17(22-16)23-7-5-19(6-8-23)10-13(11-19)12-21-18(24)25/h1-4,9,13,21H,5-8,10-12H2,(H,24,25). The Morgan fingerprint density at radius 2 is 2.04 bits per heavy atom. The summed E-state index contributed by atoms with van der Waals surface area (Å²) in [5.74, 6) is 1.54. The summed E-state index contributed by atoms with van der Waals surface area (Å²) in [5.41, 5.74) is 1.40.